The molecular formula is C10H9NO. The van der Waals surface area contributed by atoms with E-state index in [-0.39, 0.29) is 12.3 Å². The first kappa shape index (κ1) is 8.35. The summed E-state index contributed by atoms with van der Waals surface area (Å²) in [4.78, 5) is 10.5. The third-order valence-corrected chi connectivity index (χ3v) is 1.47. The van der Waals surface area contributed by atoms with Crippen molar-refractivity contribution in [3.8, 4) is 12.3 Å². The van der Waals surface area contributed by atoms with E-state index in [1.807, 2.05) is 18.2 Å². The summed E-state index contributed by atoms with van der Waals surface area (Å²) >= 11 is 0. The molecule has 0 aliphatic rings. The van der Waals surface area contributed by atoms with E-state index in [9.17, 15) is 4.79 Å². The molecule has 0 heterocycles. The second-order valence-electron chi connectivity index (χ2n) is 2.49. The Morgan fingerprint density at radius 3 is 2.92 bits per heavy atom. The molecule has 0 radical (unpaired) electrons. The van der Waals surface area contributed by atoms with Crippen molar-refractivity contribution in [3.63, 3.8) is 0 Å². The third kappa shape index (κ3) is 2.14. The lowest BCUT2D eigenvalue weighted by Crippen LogP contribution is -2.13. The summed E-state index contributed by atoms with van der Waals surface area (Å²) in [5.74, 6) is 2.15. The van der Waals surface area contributed by atoms with Crippen molar-refractivity contribution in [1.29, 1.82) is 0 Å². The lowest BCUT2D eigenvalue weighted by Gasteiger charge is -1.97. The zero-order chi connectivity index (χ0) is 8.97. The molecule has 2 N–H and O–H groups in total. The van der Waals surface area contributed by atoms with E-state index in [1.165, 1.54) is 0 Å². The highest BCUT2D eigenvalue weighted by Crippen LogP contribution is 2.03. The van der Waals surface area contributed by atoms with Crippen LogP contribution in [0.2, 0.25) is 0 Å². The molecule has 0 unspecified atom stereocenters. The van der Waals surface area contributed by atoms with Crippen LogP contribution in [0.5, 0.6) is 0 Å². The molecule has 1 aromatic carbocycles. The average Bonchev–Trinajstić information content (AvgIpc) is 2.03. The fourth-order valence-corrected chi connectivity index (χ4v) is 0.972. The predicted octanol–water partition coefficient (Wildman–Crippen LogP) is 0.696. The Hall–Kier alpha value is -1.75. The summed E-state index contributed by atoms with van der Waals surface area (Å²) in [7, 11) is 0. The molecule has 0 saturated heterocycles. The summed E-state index contributed by atoms with van der Waals surface area (Å²) in [5.41, 5.74) is 6.66. The number of benzene rings is 1. The van der Waals surface area contributed by atoms with Gasteiger partial charge >= 0.3 is 0 Å². The van der Waals surface area contributed by atoms with E-state index < -0.39 is 0 Å². The monoisotopic (exact) mass is 159 g/mol. The molecule has 2 nitrogen and oxygen atoms in total. The molecule has 1 rings (SSSR count). The number of amides is 1. The first-order valence-corrected chi connectivity index (χ1v) is 3.56. The first-order chi connectivity index (χ1) is 5.72. The molecule has 0 spiro atoms. The molecule has 0 fully saturated rings. The molecule has 1 aromatic rings. The van der Waals surface area contributed by atoms with Crippen LogP contribution in [-0.2, 0) is 11.2 Å². The van der Waals surface area contributed by atoms with Gasteiger partial charge in [-0.05, 0) is 17.7 Å². The molecule has 0 bridgehead atoms. The van der Waals surface area contributed by atoms with Crippen LogP contribution in [0, 0.1) is 12.3 Å². The van der Waals surface area contributed by atoms with Crippen LogP contribution in [0.15, 0.2) is 24.3 Å². The molecule has 0 aromatic heterocycles. The molecule has 12 heavy (non-hydrogen) atoms. The van der Waals surface area contributed by atoms with Gasteiger partial charge in [0.2, 0.25) is 5.91 Å². The van der Waals surface area contributed by atoms with Crippen LogP contribution in [0.3, 0.4) is 0 Å². The topological polar surface area (TPSA) is 43.1 Å². The van der Waals surface area contributed by atoms with Gasteiger partial charge in [-0.3, -0.25) is 4.79 Å². The molecular weight excluding hydrogens is 150 g/mol. The standard InChI is InChI=1S/C10H9NO/c1-2-8-4-3-5-9(6-8)7-10(11)12/h1,3-6H,7H2,(H2,11,12). The Balaban J connectivity index is 2.88. The number of hydrogen-bond donors (Lipinski definition) is 1. The average molecular weight is 159 g/mol. The molecule has 2 heteroatoms. The highest BCUT2D eigenvalue weighted by atomic mass is 16.1. The summed E-state index contributed by atoms with van der Waals surface area (Å²) in [6, 6.07) is 7.23. The maximum Gasteiger partial charge on any atom is 0.221 e. The number of primary amides is 1. The normalized spacial score (nSPS) is 8.92. The lowest BCUT2D eigenvalue weighted by atomic mass is 10.1. The zero-order valence-corrected chi connectivity index (χ0v) is 6.58. The largest absolute Gasteiger partial charge is 0.369 e. The Kier molecular flexibility index (Phi) is 2.49. The van der Waals surface area contributed by atoms with E-state index in [1.54, 1.807) is 6.07 Å². The lowest BCUT2D eigenvalue weighted by molar-refractivity contribution is -0.117. The van der Waals surface area contributed by atoms with Crippen LogP contribution >= 0.6 is 0 Å². The van der Waals surface area contributed by atoms with Gasteiger partial charge in [-0.25, -0.2) is 0 Å². The molecule has 0 aliphatic carbocycles. The van der Waals surface area contributed by atoms with E-state index in [4.69, 9.17) is 12.2 Å². The minimum atomic E-state index is -0.343. The second kappa shape index (κ2) is 3.59. The minimum Gasteiger partial charge on any atom is -0.369 e. The number of carbonyl (C=O) groups excluding carboxylic acids is 1. The van der Waals surface area contributed by atoms with E-state index >= 15 is 0 Å². The molecule has 0 aliphatic heterocycles. The van der Waals surface area contributed by atoms with Crippen molar-refractivity contribution in [2.24, 2.45) is 5.73 Å². The number of rotatable bonds is 2. The van der Waals surface area contributed by atoms with Gasteiger partial charge in [0.1, 0.15) is 0 Å². The SMILES string of the molecule is C#Cc1cccc(CC(N)=O)c1. The van der Waals surface area contributed by atoms with Crippen molar-refractivity contribution < 1.29 is 4.79 Å². The zero-order valence-electron chi connectivity index (χ0n) is 6.58. The van der Waals surface area contributed by atoms with E-state index in [2.05, 4.69) is 5.92 Å². The quantitative estimate of drug-likeness (QED) is 0.634. The summed E-state index contributed by atoms with van der Waals surface area (Å²) in [6.45, 7) is 0. The van der Waals surface area contributed by atoms with Gasteiger partial charge in [0.05, 0.1) is 6.42 Å². The molecule has 0 saturated carbocycles. The van der Waals surface area contributed by atoms with Crippen molar-refractivity contribution in [1.82, 2.24) is 0 Å². The smallest absolute Gasteiger partial charge is 0.221 e. The van der Waals surface area contributed by atoms with Gasteiger partial charge in [0, 0.05) is 5.56 Å². The minimum absolute atomic E-state index is 0.246. The maximum atomic E-state index is 10.5. The van der Waals surface area contributed by atoms with Crippen molar-refractivity contribution in [2.75, 3.05) is 0 Å². The van der Waals surface area contributed by atoms with Crippen molar-refractivity contribution in [2.45, 2.75) is 6.42 Å². The van der Waals surface area contributed by atoms with Gasteiger partial charge in [-0.1, -0.05) is 18.1 Å². The van der Waals surface area contributed by atoms with Gasteiger partial charge < -0.3 is 5.73 Å². The molecule has 60 valence electrons. The van der Waals surface area contributed by atoms with Gasteiger partial charge in [-0.15, -0.1) is 6.42 Å². The summed E-state index contributed by atoms with van der Waals surface area (Å²) < 4.78 is 0. The van der Waals surface area contributed by atoms with Crippen LogP contribution < -0.4 is 5.73 Å². The number of nitrogens with two attached hydrogens (primary N) is 1. The van der Waals surface area contributed by atoms with Gasteiger partial charge in [0.25, 0.3) is 0 Å². The number of hydrogen-bond acceptors (Lipinski definition) is 1. The summed E-state index contributed by atoms with van der Waals surface area (Å²) in [5, 5.41) is 0. The van der Waals surface area contributed by atoms with Gasteiger partial charge in [0.15, 0.2) is 0 Å². The fourth-order valence-electron chi connectivity index (χ4n) is 0.972. The van der Waals surface area contributed by atoms with Crippen LogP contribution in [0.4, 0.5) is 0 Å². The van der Waals surface area contributed by atoms with Crippen LogP contribution in [-0.4, -0.2) is 5.91 Å². The summed E-state index contributed by atoms with van der Waals surface area (Å²) in [6.07, 6.45) is 5.43. The van der Waals surface area contributed by atoms with Crippen molar-refractivity contribution in [3.05, 3.63) is 35.4 Å². The molecule has 0 atom stereocenters. The Bertz CT molecular complexity index is 336. The highest BCUT2D eigenvalue weighted by Gasteiger charge is 1.97. The Labute approximate surface area is 71.4 Å². The van der Waals surface area contributed by atoms with E-state index in [0.29, 0.717) is 0 Å². The first-order valence-electron chi connectivity index (χ1n) is 3.56. The maximum absolute atomic E-state index is 10.5. The molecule has 1 amide bonds. The van der Waals surface area contributed by atoms with Crippen LogP contribution in [0.1, 0.15) is 11.1 Å². The third-order valence-electron chi connectivity index (χ3n) is 1.47. The second-order valence-corrected chi connectivity index (χ2v) is 2.49. The predicted molar refractivity (Wildman–Crippen MR) is 47.3 cm³/mol. The number of terminal acetylenes is 1. The van der Waals surface area contributed by atoms with Gasteiger partial charge in [-0.2, -0.15) is 0 Å². The highest BCUT2D eigenvalue weighted by molar-refractivity contribution is 5.76. The Morgan fingerprint density at radius 1 is 1.58 bits per heavy atom. The van der Waals surface area contributed by atoms with Crippen LogP contribution in [0.25, 0.3) is 0 Å². The fraction of sp³-hybridized carbons (Fsp3) is 0.100. The Morgan fingerprint density at radius 2 is 2.33 bits per heavy atom. The van der Waals surface area contributed by atoms with Crippen molar-refractivity contribution >= 4 is 5.91 Å². The number of carbonyl (C=O) groups is 1. The van der Waals surface area contributed by atoms with E-state index in [0.717, 1.165) is 11.1 Å².